The molecule has 22 heavy (non-hydrogen) atoms. The van der Waals surface area contributed by atoms with Gasteiger partial charge in [-0.15, -0.1) is 0 Å². The lowest BCUT2D eigenvalue weighted by atomic mass is 10.2. The Hall–Kier alpha value is -1.61. The zero-order valence-electron chi connectivity index (χ0n) is 12.3. The highest BCUT2D eigenvalue weighted by molar-refractivity contribution is 7.71. The van der Waals surface area contributed by atoms with Gasteiger partial charge in [-0.1, -0.05) is 0 Å². The third-order valence-corrected chi connectivity index (χ3v) is 4.05. The van der Waals surface area contributed by atoms with Gasteiger partial charge in [-0.2, -0.15) is 5.10 Å². The fourth-order valence-corrected chi connectivity index (χ4v) is 2.76. The predicted molar refractivity (Wildman–Crippen MR) is 83.8 cm³/mol. The number of aromatic nitrogens is 4. The summed E-state index contributed by atoms with van der Waals surface area (Å²) < 4.78 is 9.66. The van der Waals surface area contributed by atoms with Gasteiger partial charge in [-0.25, -0.2) is 4.68 Å². The van der Waals surface area contributed by atoms with E-state index in [1.807, 2.05) is 21.4 Å². The van der Waals surface area contributed by atoms with Gasteiger partial charge in [-0.05, 0) is 24.4 Å². The van der Waals surface area contributed by atoms with Crippen LogP contribution in [0, 0.1) is 4.77 Å². The molecule has 1 saturated heterocycles. The van der Waals surface area contributed by atoms with E-state index >= 15 is 0 Å². The Morgan fingerprint density at radius 1 is 1.23 bits per heavy atom. The molecule has 1 aliphatic heterocycles. The minimum atomic E-state index is 0.0235. The van der Waals surface area contributed by atoms with E-state index in [2.05, 4.69) is 15.0 Å². The number of nitrogens with zero attached hydrogens (tertiary/aromatic N) is 5. The summed E-state index contributed by atoms with van der Waals surface area (Å²) in [5.41, 5.74) is 0.940. The van der Waals surface area contributed by atoms with Crippen LogP contribution in [0.2, 0.25) is 0 Å². The van der Waals surface area contributed by atoms with Crippen molar-refractivity contribution in [3.05, 3.63) is 29.3 Å². The van der Waals surface area contributed by atoms with Crippen molar-refractivity contribution in [3.63, 3.8) is 0 Å². The Balaban J connectivity index is 1.92. The van der Waals surface area contributed by atoms with E-state index in [1.165, 1.54) is 0 Å². The molecule has 0 aliphatic carbocycles. The van der Waals surface area contributed by atoms with E-state index in [9.17, 15) is 5.11 Å². The predicted octanol–water partition coefficient (Wildman–Crippen LogP) is 0.758. The van der Waals surface area contributed by atoms with Gasteiger partial charge in [0.25, 0.3) is 0 Å². The molecule has 8 heteroatoms. The molecule has 0 radical (unpaired) electrons. The highest BCUT2D eigenvalue weighted by Crippen LogP contribution is 2.17. The SMILES string of the molecule is OCCn1c(-c2ccncc2)nn(CN2CCOCC2)c1=S. The quantitative estimate of drug-likeness (QED) is 0.820. The molecule has 0 saturated carbocycles. The maximum atomic E-state index is 9.30. The molecular formula is C14H19N5O2S. The van der Waals surface area contributed by atoms with Gasteiger partial charge in [0.15, 0.2) is 10.6 Å². The van der Waals surface area contributed by atoms with Crippen molar-refractivity contribution in [1.29, 1.82) is 0 Å². The van der Waals surface area contributed by atoms with Crippen molar-refractivity contribution in [1.82, 2.24) is 24.2 Å². The number of aliphatic hydroxyl groups is 1. The lowest BCUT2D eigenvalue weighted by molar-refractivity contribution is 0.0209. The van der Waals surface area contributed by atoms with Crippen molar-refractivity contribution in [3.8, 4) is 11.4 Å². The lowest BCUT2D eigenvalue weighted by Gasteiger charge is -2.26. The average Bonchev–Trinajstić information content (AvgIpc) is 2.87. The maximum Gasteiger partial charge on any atom is 0.199 e. The van der Waals surface area contributed by atoms with Crippen LogP contribution < -0.4 is 0 Å². The monoisotopic (exact) mass is 321 g/mol. The Morgan fingerprint density at radius 3 is 2.64 bits per heavy atom. The van der Waals surface area contributed by atoms with Gasteiger partial charge < -0.3 is 9.84 Å². The minimum absolute atomic E-state index is 0.0235. The van der Waals surface area contributed by atoms with Crippen LogP contribution in [-0.4, -0.2) is 62.2 Å². The van der Waals surface area contributed by atoms with Crippen LogP contribution in [0.4, 0.5) is 0 Å². The molecule has 3 rings (SSSR count). The van der Waals surface area contributed by atoms with Crippen LogP contribution in [0.25, 0.3) is 11.4 Å². The van der Waals surface area contributed by atoms with Gasteiger partial charge in [-0.3, -0.25) is 14.5 Å². The van der Waals surface area contributed by atoms with Gasteiger partial charge in [0.1, 0.15) is 0 Å². The maximum absolute atomic E-state index is 9.30. The first-order chi connectivity index (χ1) is 10.8. The Kier molecular flexibility index (Phi) is 4.94. The summed E-state index contributed by atoms with van der Waals surface area (Å²) in [5, 5.41) is 13.9. The van der Waals surface area contributed by atoms with E-state index in [4.69, 9.17) is 17.0 Å². The summed E-state index contributed by atoms with van der Waals surface area (Å²) in [6.45, 7) is 4.32. The summed E-state index contributed by atoms with van der Waals surface area (Å²) >= 11 is 5.53. The molecule has 0 unspecified atom stereocenters. The Bertz CT molecular complexity index is 664. The second-order valence-electron chi connectivity index (χ2n) is 5.09. The van der Waals surface area contributed by atoms with E-state index in [0.717, 1.165) is 37.7 Å². The van der Waals surface area contributed by atoms with Gasteiger partial charge in [0.2, 0.25) is 0 Å². The normalized spacial score (nSPS) is 16.0. The van der Waals surface area contributed by atoms with Gasteiger partial charge in [0, 0.05) is 31.0 Å². The molecule has 0 amide bonds. The van der Waals surface area contributed by atoms with Crippen LogP contribution in [0.3, 0.4) is 0 Å². The van der Waals surface area contributed by atoms with Crippen molar-refractivity contribution < 1.29 is 9.84 Å². The molecule has 2 aromatic rings. The fraction of sp³-hybridized carbons (Fsp3) is 0.500. The van der Waals surface area contributed by atoms with Crippen LogP contribution in [0.1, 0.15) is 0 Å². The first kappa shape index (κ1) is 15.3. The second kappa shape index (κ2) is 7.10. The number of pyridine rings is 1. The molecule has 0 aromatic carbocycles. The fourth-order valence-electron chi connectivity index (χ4n) is 2.48. The van der Waals surface area contributed by atoms with Crippen molar-refractivity contribution >= 4 is 12.2 Å². The van der Waals surface area contributed by atoms with Crippen molar-refractivity contribution in [2.24, 2.45) is 0 Å². The molecule has 118 valence electrons. The van der Waals surface area contributed by atoms with Gasteiger partial charge in [0.05, 0.1) is 33.0 Å². The molecule has 1 N–H and O–H groups in total. The molecule has 3 heterocycles. The Labute approximate surface area is 133 Å². The summed E-state index contributed by atoms with van der Waals surface area (Å²) in [6.07, 6.45) is 3.45. The van der Waals surface area contributed by atoms with E-state index in [0.29, 0.717) is 18.0 Å². The molecule has 0 bridgehead atoms. The van der Waals surface area contributed by atoms with Crippen LogP contribution in [0.15, 0.2) is 24.5 Å². The zero-order valence-corrected chi connectivity index (χ0v) is 13.1. The second-order valence-corrected chi connectivity index (χ2v) is 5.45. The largest absolute Gasteiger partial charge is 0.395 e. The third kappa shape index (κ3) is 3.25. The summed E-state index contributed by atoms with van der Waals surface area (Å²) in [4.78, 5) is 6.28. The first-order valence-corrected chi connectivity index (χ1v) is 7.69. The number of aliphatic hydroxyl groups excluding tert-OH is 1. The van der Waals surface area contributed by atoms with Crippen LogP contribution in [-0.2, 0) is 18.0 Å². The molecule has 7 nitrogen and oxygen atoms in total. The molecule has 2 aromatic heterocycles. The topological polar surface area (TPSA) is 68.3 Å². The standard InChI is InChI=1S/C14H19N5O2S/c20-8-5-18-13(12-1-3-15-4-2-12)16-19(14(18)22)11-17-6-9-21-10-7-17/h1-4,20H,5-11H2. The summed E-state index contributed by atoms with van der Waals surface area (Å²) in [6, 6.07) is 3.79. The van der Waals surface area contributed by atoms with Gasteiger partial charge >= 0.3 is 0 Å². The third-order valence-electron chi connectivity index (χ3n) is 3.62. The van der Waals surface area contributed by atoms with Crippen molar-refractivity contribution in [2.75, 3.05) is 32.9 Å². The first-order valence-electron chi connectivity index (χ1n) is 7.28. The van der Waals surface area contributed by atoms with Crippen LogP contribution >= 0.6 is 12.2 Å². The Morgan fingerprint density at radius 2 is 1.95 bits per heavy atom. The molecule has 0 atom stereocenters. The summed E-state index contributed by atoms with van der Waals surface area (Å²) in [7, 11) is 0. The average molecular weight is 321 g/mol. The van der Waals surface area contributed by atoms with Crippen molar-refractivity contribution in [2.45, 2.75) is 13.2 Å². The molecule has 0 spiro atoms. The number of hydrogen-bond acceptors (Lipinski definition) is 6. The van der Waals surface area contributed by atoms with Crippen LogP contribution in [0.5, 0.6) is 0 Å². The molecular weight excluding hydrogens is 302 g/mol. The number of rotatable bonds is 5. The number of ether oxygens (including phenoxy) is 1. The minimum Gasteiger partial charge on any atom is -0.395 e. The number of morpholine rings is 1. The highest BCUT2D eigenvalue weighted by Gasteiger charge is 2.16. The smallest absolute Gasteiger partial charge is 0.199 e. The summed E-state index contributed by atoms with van der Waals surface area (Å²) in [5.74, 6) is 0.759. The zero-order chi connectivity index (χ0) is 15.4. The van der Waals surface area contributed by atoms with E-state index in [-0.39, 0.29) is 6.61 Å². The molecule has 1 fully saturated rings. The highest BCUT2D eigenvalue weighted by atomic mass is 32.1. The van der Waals surface area contributed by atoms with E-state index in [1.54, 1.807) is 12.4 Å². The number of hydrogen-bond donors (Lipinski definition) is 1. The lowest BCUT2D eigenvalue weighted by Crippen LogP contribution is -2.37. The van der Waals surface area contributed by atoms with E-state index < -0.39 is 0 Å². The molecule has 1 aliphatic rings.